The number of carbonyl (C=O) groups is 2. The highest BCUT2D eigenvalue weighted by molar-refractivity contribution is 7.88. The van der Waals surface area contributed by atoms with E-state index in [1.54, 1.807) is 0 Å². The van der Waals surface area contributed by atoms with Crippen molar-refractivity contribution in [2.75, 3.05) is 19.8 Å². The van der Waals surface area contributed by atoms with Crippen molar-refractivity contribution in [1.29, 1.82) is 0 Å². The van der Waals surface area contributed by atoms with E-state index in [4.69, 9.17) is 18.6 Å². The molecule has 0 radical (unpaired) electrons. The monoisotopic (exact) mass is 310 g/mol. The maximum atomic E-state index is 10.9. The highest BCUT2D eigenvalue weighted by Crippen LogP contribution is 2.13. The van der Waals surface area contributed by atoms with E-state index >= 15 is 0 Å². The number of hydrogen-bond donors (Lipinski definition) is 3. The zero-order valence-electron chi connectivity index (χ0n) is 12.1. The highest BCUT2D eigenvalue weighted by Gasteiger charge is 2.31. The van der Waals surface area contributed by atoms with Crippen LogP contribution < -0.4 is 5.32 Å². The zero-order valence-corrected chi connectivity index (χ0v) is 12.9. The van der Waals surface area contributed by atoms with Crippen LogP contribution in [-0.4, -0.2) is 53.2 Å². The summed E-state index contributed by atoms with van der Waals surface area (Å²) >= 11 is -0.609. The molecule has 0 aliphatic rings. The normalized spacial score (nSPS) is 14.2. The van der Waals surface area contributed by atoms with Gasteiger partial charge in [0.2, 0.25) is 0 Å². The topological polar surface area (TPSA) is 105 Å². The average molecular weight is 310 g/mol. The Bertz CT molecular complexity index is 296. The van der Waals surface area contributed by atoms with Gasteiger partial charge in [0.1, 0.15) is 19.3 Å². The molecule has 0 aromatic rings. The van der Waals surface area contributed by atoms with E-state index in [2.05, 4.69) is 5.32 Å². The van der Waals surface area contributed by atoms with Crippen molar-refractivity contribution in [1.82, 2.24) is 5.32 Å². The predicted octanol–water partition coefficient (Wildman–Crippen LogP) is 0.804. The summed E-state index contributed by atoms with van der Waals surface area (Å²) in [6, 6.07) is -1.07. The van der Waals surface area contributed by atoms with E-state index in [9.17, 15) is 9.59 Å². The molecule has 2 atom stereocenters. The molecule has 7 nitrogen and oxygen atoms in total. The summed E-state index contributed by atoms with van der Waals surface area (Å²) in [4.78, 5) is 21.4. The van der Waals surface area contributed by atoms with E-state index in [1.807, 2.05) is 20.8 Å². The Balaban J connectivity index is 4.16. The molecule has 0 aliphatic carbocycles. The molecule has 20 heavy (non-hydrogen) atoms. The van der Waals surface area contributed by atoms with Crippen LogP contribution in [0.3, 0.4) is 0 Å². The van der Waals surface area contributed by atoms with Crippen LogP contribution in [0.15, 0.2) is 0 Å². The van der Waals surface area contributed by atoms with Crippen molar-refractivity contribution in [3.05, 3.63) is 0 Å². The van der Waals surface area contributed by atoms with Gasteiger partial charge >= 0.3 is 23.4 Å². The lowest BCUT2D eigenvalue weighted by Gasteiger charge is -2.14. The Kier molecular flexibility index (Phi) is 10.4. The summed E-state index contributed by atoms with van der Waals surface area (Å²) in [5.41, 5.74) is 0. The number of aliphatic carboxylic acids is 2. The van der Waals surface area contributed by atoms with Crippen LogP contribution in [0.5, 0.6) is 0 Å². The van der Waals surface area contributed by atoms with E-state index < -0.39 is 35.9 Å². The summed E-state index contributed by atoms with van der Waals surface area (Å²) in [5.74, 6) is -2.30. The molecule has 0 heterocycles. The minimum atomic E-state index is -1.16. The van der Waals surface area contributed by atoms with Gasteiger partial charge in [0.05, 0.1) is 6.42 Å². The number of rotatable bonds is 12. The summed E-state index contributed by atoms with van der Waals surface area (Å²) in [6.07, 6.45) is 0.207. The number of carboxylic acids is 2. The van der Waals surface area contributed by atoms with Gasteiger partial charge in [-0.05, 0) is 20.8 Å². The first-order valence-corrected chi connectivity index (χ1v) is 7.73. The Labute approximate surface area is 122 Å². The first-order valence-electron chi connectivity index (χ1n) is 6.59. The Hall–Kier alpha value is -0.830. The van der Waals surface area contributed by atoms with Crippen LogP contribution in [0.2, 0.25) is 0 Å². The molecule has 0 bridgehead atoms. The van der Waals surface area contributed by atoms with E-state index in [0.717, 1.165) is 0 Å². The van der Waals surface area contributed by atoms with Crippen molar-refractivity contribution in [2.24, 2.45) is 0 Å². The first-order chi connectivity index (χ1) is 9.42. The van der Waals surface area contributed by atoms with Crippen LogP contribution in [0.25, 0.3) is 0 Å². The second-order valence-electron chi connectivity index (χ2n) is 4.12. The van der Waals surface area contributed by atoms with Gasteiger partial charge in [0.25, 0.3) is 0 Å². The molecule has 0 aromatic carbocycles. The van der Waals surface area contributed by atoms with Gasteiger partial charge in [0.15, 0.2) is 5.25 Å². The number of carboxylic acid groups (broad SMARTS) is 2. The molecular formula is C12H24NO6S+. The third-order valence-electron chi connectivity index (χ3n) is 2.41. The summed E-state index contributed by atoms with van der Waals surface area (Å²) in [6.45, 7) is 7.24. The van der Waals surface area contributed by atoms with Crippen molar-refractivity contribution in [3.8, 4) is 0 Å². The summed E-state index contributed by atoms with van der Waals surface area (Å²) < 4.78 is 11.0. The fourth-order valence-corrected chi connectivity index (χ4v) is 2.78. The summed E-state index contributed by atoms with van der Waals surface area (Å²) in [7, 11) is 0. The van der Waals surface area contributed by atoms with Crippen molar-refractivity contribution < 1.29 is 28.2 Å². The molecule has 0 aromatic heterocycles. The van der Waals surface area contributed by atoms with Crippen LogP contribution in [-0.2, 0) is 29.4 Å². The number of nitrogens with one attached hydrogen (secondary N) is 1. The Morgan fingerprint density at radius 3 is 2.15 bits per heavy atom. The largest absolute Gasteiger partial charge is 0.481 e. The third kappa shape index (κ3) is 8.36. The minimum Gasteiger partial charge on any atom is -0.481 e. The predicted molar refractivity (Wildman–Crippen MR) is 76.4 cm³/mol. The molecule has 118 valence electrons. The quantitative estimate of drug-likeness (QED) is 0.458. The van der Waals surface area contributed by atoms with Crippen molar-refractivity contribution in [3.63, 3.8) is 0 Å². The van der Waals surface area contributed by atoms with Gasteiger partial charge in [-0.25, -0.2) is 0 Å². The molecule has 0 rings (SSSR count). The fraction of sp³-hybridized carbons (Fsp3) is 0.833. The van der Waals surface area contributed by atoms with Crippen LogP contribution in [0.1, 0.15) is 33.6 Å². The van der Waals surface area contributed by atoms with Crippen LogP contribution in [0, 0.1) is 0 Å². The van der Waals surface area contributed by atoms with Gasteiger partial charge in [-0.15, -0.1) is 8.37 Å². The lowest BCUT2D eigenvalue weighted by atomic mass is 10.2. The smallest absolute Gasteiger partial charge is 0.321 e. The first kappa shape index (κ1) is 19.2. The van der Waals surface area contributed by atoms with Crippen molar-refractivity contribution >= 4 is 23.4 Å². The van der Waals surface area contributed by atoms with E-state index in [-0.39, 0.29) is 5.25 Å². The standard InChI is InChI=1S/C12H23NO6S/c1-4-18-20(19-5-2)9(3)6-7-13-10(12(16)17)8-11(14)15/h9-10,13H,4-8H2,1-3H3,(H-,14,15,16,17)/p+1/t9?,10-/m0/s1. The maximum absolute atomic E-state index is 10.9. The molecule has 0 amide bonds. The molecule has 1 unspecified atom stereocenters. The SMILES string of the molecule is CCO[S+](OCC)C(C)CCN[C@@H](CC(=O)O)C(=O)O. The van der Waals surface area contributed by atoms with Gasteiger partial charge in [-0.3, -0.25) is 9.59 Å². The molecule has 0 spiro atoms. The number of hydrogen-bond acceptors (Lipinski definition) is 5. The molecule has 3 N–H and O–H groups in total. The second kappa shape index (κ2) is 10.9. The van der Waals surface area contributed by atoms with Gasteiger partial charge < -0.3 is 15.5 Å². The molecule has 0 fully saturated rings. The van der Waals surface area contributed by atoms with E-state index in [1.165, 1.54) is 0 Å². The van der Waals surface area contributed by atoms with Crippen molar-refractivity contribution in [2.45, 2.75) is 44.9 Å². The fourth-order valence-electron chi connectivity index (χ4n) is 1.48. The molecule has 0 saturated heterocycles. The second-order valence-corrected chi connectivity index (χ2v) is 5.91. The lowest BCUT2D eigenvalue weighted by Crippen LogP contribution is -2.40. The van der Waals surface area contributed by atoms with Crippen LogP contribution in [0.4, 0.5) is 0 Å². The highest BCUT2D eigenvalue weighted by atomic mass is 32.2. The summed E-state index contributed by atoms with van der Waals surface area (Å²) in [5, 5.41) is 20.4. The van der Waals surface area contributed by atoms with Gasteiger partial charge in [-0.1, -0.05) is 0 Å². The van der Waals surface area contributed by atoms with Gasteiger partial charge in [0, 0.05) is 13.0 Å². The molecular weight excluding hydrogens is 286 g/mol. The Morgan fingerprint density at radius 1 is 1.20 bits per heavy atom. The minimum absolute atomic E-state index is 0.113. The third-order valence-corrected chi connectivity index (χ3v) is 4.24. The molecule has 8 heteroatoms. The molecule has 0 aliphatic heterocycles. The van der Waals surface area contributed by atoms with E-state index in [0.29, 0.717) is 26.2 Å². The maximum Gasteiger partial charge on any atom is 0.321 e. The Morgan fingerprint density at radius 2 is 1.75 bits per heavy atom. The zero-order chi connectivity index (χ0) is 15.5. The van der Waals surface area contributed by atoms with Crippen LogP contribution >= 0.6 is 0 Å². The lowest BCUT2D eigenvalue weighted by molar-refractivity contribution is -0.145. The average Bonchev–Trinajstić information content (AvgIpc) is 2.36. The van der Waals surface area contributed by atoms with Gasteiger partial charge in [-0.2, -0.15) is 0 Å². The molecule has 0 saturated carbocycles.